The van der Waals surface area contributed by atoms with Crippen molar-refractivity contribution in [3.63, 3.8) is 0 Å². The van der Waals surface area contributed by atoms with Crippen LogP contribution in [-0.4, -0.2) is 34.1 Å². The lowest BCUT2D eigenvalue weighted by Gasteiger charge is -2.23. The summed E-state index contributed by atoms with van der Waals surface area (Å²) in [6.07, 6.45) is 0.537. The second-order valence-corrected chi connectivity index (χ2v) is 9.90. The maximum atomic E-state index is 13.6. The quantitative estimate of drug-likeness (QED) is 0.246. The van der Waals surface area contributed by atoms with E-state index in [4.69, 9.17) is 11.6 Å². The molecule has 0 spiro atoms. The molecule has 4 aromatic carbocycles. The van der Waals surface area contributed by atoms with Crippen molar-refractivity contribution in [2.75, 3.05) is 11.9 Å². The smallest absolute Gasteiger partial charge is 0.278 e. The Bertz CT molecular complexity index is 1480. The maximum absolute atomic E-state index is 13.6. The molecule has 4 aromatic rings. The molecule has 1 heterocycles. The van der Waals surface area contributed by atoms with E-state index in [1.807, 2.05) is 91.0 Å². The Morgan fingerprint density at radius 1 is 0.675 bits per heavy atom. The Kier molecular flexibility index (Phi) is 8.38. The predicted octanol–water partition coefficient (Wildman–Crippen LogP) is 6.00. The standard InChI is InChI=1S/C33H28ClN3O3/c34-29-30(33(40)37(32(29)39)21-20-24-10-4-1-5-11-24)35-28-18-16-27(17-19-28)31(38)36(22-25-12-6-2-7-13-25)23-26-14-8-3-9-15-26/h1-19,35H,20-23H2. The van der Waals surface area contributed by atoms with Gasteiger partial charge in [-0.1, -0.05) is 103 Å². The Morgan fingerprint density at radius 3 is 1.70 bits per heavy atom. The SMILES string of the molecule is O=C(c1ccc(NC2=C(Cl)C(=O)N(CCc3ccccc3)C2=O)cc1)N(Cc1ccccc1)Cc1ccccc1. The molecule has 0 radical (unpaired) electrons. The zero-order valence-electron chi connectivity index (χ0n) is 21.8. The van der Waals surface area contributed by atoms with Gasteiger partial charge in [0, 0.05) is 30.9 Å². The van der Waals surface area contributed by atoms with Gasteiger partial charge < -0.3 is 10.2 Å². The Balaban J connectivity index is 1.27. The van der Waals surface area contributed by atoms with Crippen LogP contribution in [0.15, 0.2) is 126 Å². The van der Waals surface area contributed by atoms with E-state index >= 15 is 0 Å². The monoisotopic (exact) mass is 549 g/mol. The van der Waals surface area contributed by atoms with E-state index in [1.165, 1.54) is 0 Å². The molecule has 40 heavy (non-hydrogen) atoms. The van der Waals surface area contributed by atoms with Gasteiger partial charge in [0.15, 0.2) is 0 Å². The van der Waals surface area contributed by atoms with Crippen molar-refractivity contribution in [3.05, 3.63) is 148 Å². The molecule has 0 aromatic heterocycles. The van der Waals surface area contributed by atoms with E-state index in [1.54, 1.807) is 29.2 Å². The van der Waals surface area contributed by atoms with Gasteiger partial charge in [0.2, 0.25) is 0 Å². The molecule has 0 saturated heterocycles. The van der Waals surface area contributed by atoms with Crippen LogP contribution in [0.1, 0.15) is 27.0 Å². The minimum Gasteiger partial charge on any atom is -0.350 e. The fraction of sp³-hybridized carbons (Fsp3) is 0.121. The summed E-state index contributed by atoms with van der Waals surface area (Å²) >= 11 is 6.27. The van der Waals surface area contributed by atoms with Crippen LogP contribution in [0.4, 0.5) is 5.69 Å². The highest BCUT2D eigenvalue weighted by Crippen LogP contribution is 2.26. The van der Waals surface area contributed by atoms with E-state index in [2.05, 4.69) is 5.32 Å². The second-order valence-electron chi connectivity index (χ2n) is 9.52. The zero-order chi connectivity index (χ0) is 27.9. The molecule has 3 amide bonds. The second kappa shape index (κ2) is 12.5. The largest absolute Gasteiger partial charge is 0.350 e. The summed E-state index contributed by atoms with van der Waals surface area (Å²) in [4.78, 5) is 42.2. The number of nitrogens with one attached hydrogen (secondary N) is 1. The molecule has 1 aliphatic rings. The van der Waals surface area contributed by atoms with E-state index in [9.17, 15) is 14.4 Å². The summed E-state index contributed by atoms with van der Waals surface area (Å²) in [6, 6.07) is 36.2. The molecule has 5 rings (SSSR count). The van der Waals surface area contributed by atoms with E-state index in [0.717, 1.165) is 21.6 Å². The summed E-state index contributed by atoms with van der Waals surface area (Å²) in [6.45, 7) is 1.16. The van der Waals surface area contributed by atoms with Crippen molar-refractivity contribution in [1.29, 1.82) is 0 Å². The number of hydrogen-bond acceptors (Lipinski definition) is 4. The molecule has 1 N–H and O–H groups in total. The van der Waals surface area contributed by atoms with Gasteiger partial charge in [-0.05, 0) is 47.4 Å². The predicted molar refractivity (Wildman–Crippen MR) is 156 cm³/mol. The normalized spacial score (nSPS) is 13.1. The average molecular weight is 550 g/mol. The van der Waals surface area contributed by atoms with Gasteiger partial charge in [-0.2, -0.15) is 0 Å². The molecule has 0 bridgehead atoms. The number of rotatable bonds is 10. The molecule has 0 unspecified atom stereocenters. The van der Waals surface area contributed by atoms with Crippen molar-refractivity contribution >= 4 is 35.0 Å². The Labute approximate surface area is 238 Å². The maximum Gasteiger partial charge on any atom is 0.278 e. The third-order valence-electron chi connectivity index (χ3n) is 6.70. The molecular weight excluding hydrogens is 522 g/mol. The van der Waals surface area contributed by atoms with Gasteiger partial charge in [-0.3, -0.25) is 19.3 Å². The van der Waals surface area contributed by atoms with Gasteiger partial charge >= 0.3 is 0 Å². The summed E-state index contributed by atoms with van der Waals surface area (Å²) in [5.41, 5.74) is 4.19. The molecule has 0 atom stereocenters. The highest BCUT2D eigenvalue weighted by Gasteiger charge is 2.37. The molecule has 7 heteroatoms. The Morgan fingerprint density at radius 2 is 1.18 bits per heavy atom. The van der Waals surface area contributed by atoms with Crippen LogP contribution in [0.3, 0.4) is 0 Å². The molecule has 0 fully saturated rings. The first-order chi connectivity index (χ1) is 19.5. The van der Waals surface area contributed by atoms with Crippen molar-refractivity contribution in [1.82, 2.24) is 9.80 Å². The van der Waals surface area contributed by atoms with Crippen molar-refractivity contribution in [2.24, 2.45) is 0 Å². The van der Waals surface area contributed by atoms with Gasteiger partial charge in [0.1, 0.15) is 10.7 Å². The summed E-state index contributed by atoms with van der Waals surface area (Å²) in [5, 5.41) is 2.84. The number of amides is 3. The molecule has 0 saturated carbocycles. The first-order valence-corrected chi connectivity index (χ1v) is 13.4. The number of hydrogen-bond donors (Lipinski definition) is 1. The summed E-state index contributed by atoms with van der Waals surface area (Å²) < 4.78 is 0. The molecular formula is C33H28ClN3O3. The lowest BCUT2D eigenvalue weighted by molar-refractivity contribution is -0.137. The highest BCUT2D eigenvalue weighted by molar-refractivity contribution is 6.48. The minimum absolute atomic E-state index is 0.0357. The zero-order valence-corrected chi connectivity index (χ0v) is 22.6. The van der Waals surface area contributed by atoms with Crippen molar-refractivity contribution in [3.8, 4) is 0 Å². The topological polar surface area (TPSA) is 69.7 Å². The van der Waals surface area contributed by atoms with Crippen LogP contribution in [0.25, 0.3) is 0 Å². The lowest BCUT2D eigenvalue weighted by Crippen LogP contribution is -2.34. The van der Waals surface area contributed by atoms with Crippen LogP contribution in [0, 0.1) is 0 Å². The fourth-order valence-corrected chi connectivity index (χ4v) is 4.80. The molecule has 1 aliphatic heterocycles. The third-order valence-corrected chi connectivity index (χ3v) is 7.05. The first-order valence-electron chi connectivity index (χ1n) is 13.0. The van der Waals surface area contributed by atoms with Crippen LogP contribution < -0.4 is 5.32 Å². The highest BCUT2D eigenvalue weighted by atomic mass is 35.5. The van der Waals surface area contributed by atoms with Crippen LogP contribution in [-0.2, 0) is 29.1 Å². The fourth-order valence-electron chi connectivity index (χ4n) is 4.57. The van der Waals surface area contributed by atoms with Crippen LogP contribution >= 0.6 is 11.6 Å². The van der Waals surface area contributed by atoms with Gasteiger partial charge in [0.05, 0.1) is 0 Å². The number of halogens is 1. The number of nitrogens with zero attached hydrogens (tertiary/aromatic N) is 2. The number of benzene rings is 4. The molecule has 6 nitrogen and oxygen atoms in total. The van der Waals surface area contributed by atoms with Gasteiger partial charge in [-0.25, -0.2) is 0 Å². The van der Waals surface area contributed by atoms with Crippen molar-refractivity contribution in [2.45, 2.75) is 19.5 Å². The first kappa shape index (κ1) is 26.9. The lowest BCUT2D eigenvalue weighted by atomic mass is 10.1. The van der Waals surface area contributed by atoms with E-state index in [-0.39, 0.29) is 23.2 Å². The Hall–Kier alpha value is -4.68. The third kappa shape index (κ3) is 6.30. The summed E-state index contributed by atoms with van der Waals surface area (Å²) in [5.74, 6) is -1.10. The van der Waals surface area contributed by atoms with Crippen LogP contribution in [0.2, 0.25) is 0 Å². The van der Waals surface area contributed by atoms with Gasteiger partial charge in [0.25, 0.3) is 17.7 Å². The minimum atomic E-state index is -0.519. The van der Waals surface area contributed by atoms with E-state index in [0.29, 0.717) is 30.8 Å². The molecule has 0 aliphatic carbocycles. The number of carbonyl (C=O) groups is 3. The summed E-state index contributed by atoms with van der Waals surface area (Å²) in [7, 11) is 0. The van der Waals surface area contributed by atoms with Gasteiger partial charge in [-0.15, -0.1) is 0 Å². The van der Waals surface area contributed by atoms with Crippen LogP contribution in [0.5, 0.6) is 0 Å². The number of carbonyl (C=O) groups excluding carboxylic acids is 3. The molecule has 200 valence electrons. The number of imide groups is 1. The van der Waals surface area contributed by atoms with E-state index < -0.39 is 11.8 Å². The number of anilines is 1. The van der Waals surface area contributed by atoms with Crippen molar-refractivity contribution < 1.29 is 14.4 Å². The average Bonchev–Trinajstić information content (AvgIpc) is 3.19.